The van der Waals surface area contributed by atoms with E-state index in [1.54, 1.807) is 6.33 Å². The third-order valence-electron chi connectivity index (χ3n) is 3.09. The van der Waals surface area contributed by atoms with Gasteiger partial charge >= 0.3 is 0 Å². The molecule has 0 spiro atoms. The lowest BCUT2D eigenvalue weighted by Gasteiger charge is -2.23. The van der Waals surface area contributed by atoms with Crippen LogP contribution in [-0.2, 0) is 6.42 Å². The Morgan fingerprint density at radius 3 is 2.61 bits per heavy atom. The number of rotatable bonds is 1. The third kappa shape index (κ3) is 1.69. The molecule has 1 aromatic heterocycles. The maximum absolute atomic E-state index is 13.2. The average molecular weight is 253 g/mol. The van der Waals surface area contributed by atoms with Crippen molar-refractivity contribution in [3.05, 3.63) is 52.9 Å². The summed E-state index contributed by atoms with van der Waals surface area (Å²) in [6, 6.07) is 1.59. The van der Waals surface area contributed by atoms with Gasteiger partial charge in [-0.1, -0.05) is 0 Å². The van der Waals surface area contributed by atoms with Gasteiger partial charge in [-0.15, -0.1) is 0 Å². The van der Waals surface area contributed by atoms with Gasteiger partial charge in [0.15, 0.2) is 17.5 Å². The number of aromatic amines is 1. The van der Waals surface area contributed by atoms with Gasteiger partial charge in [0.1, 0.15) is 0 Å². The van der Waals surface area contributed by atoms with Gasteiger partial charge in [0.05, 0.1) is 18.1 Å². The molecule has 6 heteroatoms. The maximum atomic E-state index is 13.2. The zero-order valence-electron chi connectivity index (χ0n) is 9.30. The molecule has 0 amide bonds. The van der Waals surface area contributed by atoms with Crippen molar-refractivity contribution in [2.45, 2.75) is 12.5 Å². The van der Waals surface area contributed by atoms with Gasteiger partial charge in [0.2, 0.25) is 0 Å². The second kappa shape index (κ2) is 4.13. The van der Waals surface area contributed by atoms with Gasteiger partial charge < -0.3 is 10.3 Å². The van der Waals surface area contributed by atoms with E-state index in [9.17, 15) is 13.2 Å². The summed E-state index contributed by atoms with van der Waals surface area (Å²) < 4.78 is 39.4. The van der Waals surface area contributed by atoms with E-state index in [0.717, 1.165) is 24.2 Å². The number of hydrogen-bond donors (Lipinski definition) is 2. The molecule has 0 aliphatic carbocycles. The normalized spacial score (nSPS) is 18.7. The molecule has 1 unspecified atom stereocenters. The first-order chi connectivity index (χ1) is 8.66. The number of aromatic nitrogens is 2. The van der Waals surface area contributed by atoms with Crippen LogP contribution in [0.5, 0.6) is 0 Å². The Balaban J connectivity index is 2.07. The fraction of sp³-hybridized carbons (Fsp3) is 0.250. The number of benzene rings is 1. The van der Waals surface area contributed by atoms with Crippen molar-refractivity contribution in [3.63, 3.8) is 0 Å². The molecular weight excluding hydrogens is 243 g/mol. The second-order valence-corrected chi connectivity index (χ2v) is 4.20. The molecule has 94 valence electrons. The number of nitrogens with zero attached hydrogens (tertiary/aromatic N) is 1. The molecule has 3 nitrogen and oxygen atoms in total. The third-order valence-corrected chi connectivity index (χ3v) is 3.09. The van der Waals surface area contributed by atoms with Gasteiger partial charge in [0, 0.05) is 18.7 Å². The Morgan fingerprint density at radius 2 is 1.89 bits per heavy atom. The first kappa shape index (κ1) is 11.3. The molecule has 1 atom stereocenters. The standard InChI is InChI=1S/C12H10F3N3/c13-7-3-6(4-8(14)10(7)15)11-12-9(1-2-16-11)17-5-18-12/h3-5,11,16H,1-2H2,(H,17,18). The maximum Gasteiger partial charge on any atom is 0.194 e. The van der Waals surface area contributed by atoms with Crippen LogP contribution in [0.25, 0.3) is 0 Å². The number of imidazole rings is 1. The number of halogens is 3. The topological polar surface area (TPSA) is 40.7 Å². The van der Waals surface area contributed by atoms with Crippen LogP contribution in [0.2, 0.25) is 0 Å². The summed E-state index contributed by atoms with van der Waals surface area (Å²) in [5.41, 5.74) is 1.97. The minimum atomic E-state index is -1.45. The summed E-state index contributed by atoms with van der Waals surface area (Å²) in [4.78, 5) is 7.12. The molecule has 1 aromatic carbocycles. The van der Waals surface area contributed by atoms with Gasteiger partial charge in [-0.25, -0.2) is 18.2 Å². The SMILES string of the molecule is Fc1cc(C2NCCc3[nH]cnc32)cc(F)c1F. The van der Waals surface area contributed by atoms with Crippen LogP contribution >= 0.6 is 0 Å². The minimum absolute atomic E-state index is 0.333. The first-order valence-electron chi connectivity index (χ1n) is 5.57. The van der Waals surface area contributed by atoms with Gasteiger partial charge in [0.25, 0.3) is 0 Å². The molecule has 0 saturated carbocycles. The lowest BCUT2D eigenvalue weighted by molar-refractivity contribution is 0.441. The van der Waals surface area contributed by atoms with E-state index in [-0.39, 0.29) is 0 Å². The fourth-order valence-electron chi connectivity index (χ4n) is 2.24. The first-order valence-corrected chi connectivity index (χ1v) is 5.57. The van der Waals surface area contributed by atoms with Crippen LogP contribution in [-0.4, -0.2) is 16.5 Å². The van der Waals surface area contributed by atoms with E-state index in [1.165, 1.54) is 0 Å². The van der Waals surface area contributed by atoms with Crippen LogP contribution in [0.4, 0.5) is 13.2 Å². The summed E-state index contributed by atoms with van der Waals surface area (Å²) in [6.45, 7) is 0.667. The number of nitrogens with one attached hydrogen (secondary N) is 2. The lowest BCUT2D eigenvalue weighted by atomic mass is 9.98. The Hall–Kier alpha value is -1.82. The highest BCUT2D eigenvalue weighted by Gasteiger charge is 2.25. The predicted molar refractivity (Wildman–Crippen MR) is 58.5 cm³/mol. The Morgan fingerprint density at radius 1 is 1.17 bits per heavy atom. The highest BCUT2D eigenvalue weighted by atomic mass is 19.2. The summed E-state index contributed by atoms with van der Waals surface area (Å²) >= 11 is 0. The lowest BCUT2D eigenvalue weighted by Crippen LogP contribution is -2.31. The summed E-state index contributed by atoms with van der Waals surface area (Å²) in [6.07, 6.45) is 2.32. The molecular formula is C12H10F3N3. The predicted octanol–water partition coefficient (Wildman–Crippen LogP) is 2.06. The largest absolute Gasteiger partial charge is 0.348 e. The molecule has 1 aliphatic heterocycles. The summed E-state index contributed by atoms with van der Waals surface area (Å²) in [5.74, 6) is -3.82. The molecule has 2 N–H and O–H groups in total. The van der Waals surface area contributed by atoms with E-state index in [0.29, 0.717) is 17.8 Å². The molecule has 2 heterocycles. The minimum Gasteiger partial charge on any atom is -0.348 e. The number of fused-ring (bicyclic) bond motifs is 1. The molecule has 3 rings (SSSR count). The van der Waals surface area contributed by atoms with E-state index in [2.05, 4.69) is 15.3 Å². The molecule has 0 fully saturated rings. The number of hydrogen-bond acceptors (Lipinski definition) is 2. The van der Waals surface area contributed by atoms with Crippen LogP contribution < -0.4 is 5.32 Å². The zero-order chi connectivity index (χ0) is 12.7. The fourth-order valence-corrected chi connectivity index (χ4v) is 2.24. The quantitative estimate of drug-likeness (QED) is 0.764. The van der Waals surface area contributed by atoms with Crippen LogP contribution in [0.3, 0.4) is 0 Å². The molecule has 0 radical (unpaired) electrons. The van der Waals surface area contributed by atoms with Crippen molar-refractivity contribution in [2.75, 3.05) is 6.54 Å². The molecule has 2 aromatic rings. The van der Waals surface area contributed by atoms with Crippen molar-refractivity contribution >= 4 is 0 Å². The molecule has 1 aliphatic rings. The Kier molecular flexibility index (Phi) is 2.59. The van der Waals surface area contributed by atoms with E-state index in [1.807, 2.05) is 0 Å². The highest BCUT2D eigenvalue weighted by Crippen LogP contribution is 2.28. The second-order valence-electron chi connectivity index (χ2n) is 4.20. The van der Waals surface area contributed by atoms with E-state index >= 15 is 0 Å². The summed E-state index contributed by atoms with van der Waals surface area (Å²) in [5, 5.41) is 3.11. The van der Waals surface area contributed by atoms with Gasteiger partial charge in [-0.3, -0.25) is 0 Å². The van der Waals surface area contributed by atoms with Crippen molar-refractivity contribution < 1.29 is 13.2 Å². The Bertz CT molecular complexity index is 571. The van der Waals surface area contributed by atoms with Crippen molar-refractivity contribution in [3.8, 4) is 0 Å². The molecule has 18 heavy (non-hydrogen) atoms. The molecule has 0 bridgehead atoms. The monoisotopic (exact) mass is 253 g/mol. The van der Waals surface area contributed by atoms with Gasteiger partial charge in [-0.05, 0) is 17.7 Å². The Labute approximate surface area is 101 Å². The van der Waals surface area contributed by atoms with Gasteiger partial charge in [-0.2, -0.15) is 0 Å². The number of H-pyrrole nitrogens is 1. The van der Waals surface area contributed by atoms with Crippen molar-refractivity contribution in [1.29, 1.82) is 0 Å². The van der Waals surface area contributed by atoms with E-state index < -0.39 is 23.5 Å². The van der Waals surface area contributed by atoms with Crippen molar-refractivity contribution in [2.24, 2.45) is 0 Å². The highest BCUT2D eigenvalue weighted by molar-refractivity contribution is 5.33. The van der Waals surface area contributed by atoms with Crippen LogP contribution in [0.15, 0.2) is 18.5 Å². The smallest absolute Gasteiger partial charge is 0.194 e. The average Bonchev–Trinajstić information content (AvgIpc) is 2.83. The van der Waals surface area contributed by atoms with Crippen molar-refractivity contribution in [1.82, 2.24) is 15.3 Å². The van der Waals surface area contributed by atoms with Crippen LogP contribution in [0, 0.1) is 17.5 Å². The van der Waals surface area contributed by atoms with E-state index in [4.69, 9.17) is 0 Å². The molecule has 0 saturated heterocycles. The van der Waals surface area contributed by atoms with Crippen LogP contribution in [0.1, 0.15) is 23.0 Å². The summed E-state index contributed by atoms with van der Waals surface area (Å²) in [7, 11) is 0. The zero-order valence-corrected chi connectivity index (χ0v) is 9.30.